The molecule has 35 heavy (non-hydrogen) atoms. The van der Waals surface area contributed by atoms with Gasteiger partial charge in [-0.2, -0.15) is 0 Å². The Labute approximate surface area is 211 Å². The van der Waals surface area contributed by atoms with E-state index in [2.05, 4.69) is 37.1 Å². The highest BCUT2D eigenvalue weighted by molar-refractivity contribution is 8.00. The van der Waals surface area contributed by atoms with E-state index in [-0.39, 0.29) is 11.2 Å². The van der Waals surface area contributed by atoms with Gasteiger partial charge in [0, 0.05) is 23.9 Å². The van der Waals surface area contributed by atoms with Gasteiger partial charge < -0.3 is 19.4 Å². The van der Waals surface area contributed by atoms with Crippen LogP contribution in [0.25, 0.3) is 0 Å². The van der Waals surface area contributed by atoms with Gasteiger partial charge in [0.2, 0.25) is 5.91 Å². The third-order valence-electron chi connectivity index (χ3n) is 6.06. The van der Waals surface area contributed by atoms with Crippen molar-refractivity contribution in [1.82, 2.24) is 19.7 Å². The molecule has 1 fully saturated rings. The molecule has 1 aliphatic heterocycles. The van der Waals surface area contributed by atoms with Gasteiger partial charge in [0.1, 0.15) is 17.3 Å². The van der Waals surface area contributed by atoms with Crippen LogP contribution in [0.5, 0.6) is 11.5 Å². The Morgan fingerprint density at radius 1 is 1.00 bits per heavy atom. The highest BCUT2D eigenvalue weighted by atomic mass is 32.2. The molecule has 1 amide bonds. The monoisotopic (exact) mass is 495 g/mol. The number of hydrogen-bond donors (Lipinski definition) is 1. The number of likely N-dealkylation sites (tertiary alicyclic amines) is 1. The second-order valence-electron chi connectivity index (χ2n) is 8.66. The molecule has 1 N–H and O–H groups in total. The van der Waals surface area contributed by atoms with Crippen molar-refractivity contribution >= 4 is 23.4 Å². The fourth-order valence-corrected chi connectivity index (χ4v) is 4.97. The summed E-state index contributed by atoms with van der Waals surface area (Å²) in [5.74, 6) is 2.04. The fourth-order valence-electron chi connectivity index (χ4n) is 4.10. The van der Waals surface area contributed by atoms with Gasteiger partial charge in [-0.3, -0.25) is 9.69 Å². The normalized spacial score (nSPS) is 14.9. The number of thioether (sulfide) groups is 1. The number of ether oxygens (including phenoxy) is 2. The highest BCUT2D eigenvalue weighted by Gasteiger charge is 2.22. The number of methoxy groups -OCH3 is 2. The van der Waals surface area contributed by atoms with Crippen molar-refractivity contribution in [3.63, 3.8) is 0 Å². The molecule has 1 aromatic heterocycles. The SMILES string of the molecule is COc1cc(NC(=O)[C@@H](C)Sc2nnc(CN3CCCCC3)n2Cc2ccccc2)cc(OC)c1. The van der Waals surface area contributed by atoms with Crippen LogP contribution in [0.4, 0.5) is 5.69 Å². The van der Waals surface area contributed by atoms with Gasteiger partial charge in [0.25, 0.3) is 0 Å². The molecule has 186 valence electrons. The van der Waals surface area contributed by atoms with Gasteiger partial charge in [-0.15, -0.1) is 10.2 Å². The Morgan fingerprint density at radius 2 is 1.69 bits per heavy atom. The molecule has 9 heteroatoms. The van der Waals surface area contributed by atoms with Crippen molar-refractivity contribution in [3.8, 4) is 11.5 Å². The zero-order chi connectivity index (χ0) is 24.6. The second kappa shape index (κ2) is 12.1. The zero-order valence-electron chi connectivity index (χ0n) is 20.6. The number of anilines is 1. The first-order valence-electron chi connectivity index (χ1n) is 11.9. The van der Waals surface area contributed by atoms with Crippen molar-refractivity contribution in [2.75, 3.05) is 32.6 Å². The minimum Gasteiger partial charge on any atom is -0.497 e. The van der Waals surface area contributed by atoms with Crippen molar-refractivity contribution in [1.29, 1.82) is 0 Å². The molecule has 0 unspecified atom stereocenters. The second-order valence-corrected chi connectivity index (χ2v) is 9.97. The number of aromatic nitrogens is 3. The molecule has 2 heterocycles. The first-order valence-corrected chi connectivity index (χ1v) is 12.8. The van der Waals surface area contributed by atoms with Gasteiger partial charge in [-0.25, -0.2) is 0 Å². The lowest BCUT2D eigenvalue weighted by Gasteiger charge is -2.26. The average Bonchev–Trinajstić information content (AvgIpc) is 3.25. The Bertz CT molecular complexity index is 1090. The lowest BCUT2D eigenvalue weighted by atomic mass is 10.1. The summed E-state index contributed by atoms with van der Waals surface area (Å²) < 4.78 is 12.8. The van der Waals surface area contributed by atoms with Crippen molar-refractivity contribution in [3.05, 3.63) is 59.9 Å². The largest absolute Gasteiger partial charge is 0.497 e. The minimum absolute atomic E-state index is 0.128. The molecule has 0 bridgehead atoms. The average molecular weight is 496 g/mol. The summed E-state index contributed by atoms with van der Waals surface area (Å²) in [6.07, 6.45) is 3.74. The minimum atomic E-state index is -0.381. The Kier molecular flexibility index (Phi) is 8.65. The van der Waals surface area contributed by atoms with Gasteiger partial charge in [-0.1, -0.05) is 48.5 Å². The van der Waals surface area contributed by atoms with E-state index >= 15 is 0 Å². The standard InChI is InChI=1S/C26H33N5O3S/c1-19(25(32)27-21-14-22(33-2)16-23(15-21)34-3)35-26-29-28-24(18-30-12-8-5-9-13-30)31(26)17-20-10-6-4-7-11-20/h4,6-7,10-11,14-16,19H,5,8-9,12-13,17-18H2,1-3H3,(H,27,32)/t19-/m1/s1. The summed E-state index contributed by atoms with van der Waals surface area (Å²) in [6, 6.07) is 15.6. The van der Waals surface area contributed by atoms with Crippen LogP contribution in [0.3, 0.4) is 0 Å². The van der Waals surface area contributed by atoms with E-state index in [1.54, 1.807) is 32.4 Å². The molecular weight excluding hydrogens is 462 g/mol. The first kappa shape index (κ1) is 25.1. The predicted molar refractivity (Wildman–Crippen MR) is 138 cm³/mol. The van der Waals surface area contributed by atoms with E-state index in [0.717, 1.165) is 30.6 Å². The summed E-state index contributed by atoms with van der Waals surface area (Å²) in [6.45, 7) is 5.49. The quantitative estimate of drug-likeness (QED) is 0.416. The lowest BCUT2D eigenvalue weighted by molar-refractivity contribution is -0.115. The van der Waals surface area contributed by atoms with Crippen molar-refractivity contribution < 1.29 is 14.3 Å². The molecule has 1 atom stereocenters. The maximum Gasteiger partial charge on any atom is 0.237 e. The van der Waals surface area contributed by atoms with E-state index in [4.69, 9.17) is 9.47 Å². The van der Waals surface area contributed by atoms with Gasteiger partial charge in [-0.05, 0) is 38.4 Å². The van der Waals surface area contributed by atoms with E-state index in [1.807, 2.05) is 25.1 Å². The summed E-state index contributed by atoms with van der Waals surface area (Å²) in [5.41, 5.74) is 1.80. The van der Waals surface area contributed by atoms with Crippen LogP contribution in [0.2, 0.25) is 0 Å². The van der Waals surface area contributed by atoms with E-state index in [1.165, 1.54) is 36.6 Å². The molecule has 0 radical (unpaired) electrons. The highest BCUT2D eigenvalue weighted by Crippen LogP contribution is 2.28. The molecule has 1 aliphatic rings. The van der Waals surface area contributed by atoms with Crippen LogP contribution < -0.4 is 14.8 Å². The van der Waals surface area contributed by atoms with Crippen LogP contribution in [0, 0.1) is 0 Å². The first-order chi connectivity index (χ1) is 17.1. The van der Waals surface area contributed by atoms with Crippen molar-refractivity contribution in [2.24, 2.45) is 0 Å². The van der Waals surface area contributed by atoms with Gasteiger partial charge in [0.05, 0.1) is 32.6 Å². The number of hydrogen-bond acceptors (Lipinski definition) is 7. The molecule has 1 saturated heterocycles. The van der Waals surface area contributed by atoms with E-state index in [0.29, 0.717) is 23.7 Å². The maximum absolute atomic E-state index is 13.0. The van der Waals surface area contributed by atoms with Crippen molar-refractivity contribution in [2.45, 2.75) is 49.7 Å². The Balaban J connectivity index is 1.50. The van der Waals surface area contributed by atoms with Gasteiger partial charge in [0.15, 0.2) is 5.16 Å². The lowest BCUT2D eigenvalue weighted by Crippen LogP contribution is -2.30. The molecule has 2 aromatic carbocycles. The Hall–Kier alpha value is -3.04. The number of rotatable bonds is 10. The zero-order valence-corrected chi connectivity index (χ0v) is 21.4. The molecule has 8 nitrogen and oxygen atoms in total. The van der Waals surface area contributed by atoms with Crippen LogP contribution in [0.1, 0.15) is 37.6 Å². The number of carbonyl (C=O) groups is 1. The number of amides is 1. The van der Waals surface area contributed by atoms with Crippen LogP contribution in [-0.4, -0.2) is 58.1 Å². The number of carbonyl (C=O) groups excluding carboxylic acids is 1. The number of nitrogens with one attached hydrogen (secondary N) is 1. The summed E-state index contributed by atoms with van der Waals surface area (Å²) in [7, 11) is 3.17. The topological polar surface area (TPSA) is 81.5 Å². The fraction of sp³-hybridized carbons (Fsp3) is 0.423. The number of benzene rings is 2. The third-order valence-corrected chi connectivity index (χ3v) is 7.14. The smallest absolute Gasteiger partial charge is 0.237 e. The number of piperidine rings is 1. The van der Waals surface area contributed by atoms with E-state index in [9.17, 15) is 4.79 Å². The molecule has 0 aliphatic carbocycles. The van der Waals surface area contributed by atoms with Gasteiger partial charge >= 0.3 is 0 Å². The number of nitrogens with zero attached hydrogens (tertiary/aromatic N) is 4. The molecular formula is C26H33N5O3S. The summed E-state index contributed by atoms with van der Waals surface area (Å²) >= 11 is 1.42. The Morgan fingerprint density at radius 3 is 2.34 bits per heavy atom. The van der Waals surface area contributed by atoms with Crippen LogP contribution >= 0.6 is 11.8 Å². The summed E-state index contributed by atoms with van der Waals surface area (Å²) in [4.78, 5) is 15.5. The van der Waals surface area contributed by atoms with E-state index < -0.39 is 0 Å². The summed E-state index contributed by atoms with van der Waals surface area (Å²) in [5, 5.41) is 12.4. The molecule has 0 spiro atoms. The van der Waals surface area contributed by atoms with Crippen LogP contribution in [-0.2, 0) is 17.9 Å². The maximum atomic E-state index is 13.0. The van der Waals surface area contributed by atoms with Crippen LogP contribution in [0.15, 0.2) is 53.7 Å². The third kappa shape index (κ3) is 6.76. The molecule has 3 aromatic rings. The molecule has 0 saturated carbocycles. The predicted octanol–water partition coefficient (Wildman–Crippen LogP) is 4.45. The molecule has 4 rings (SSSR count).